The van der Waals surface area contributed by atoms with Crippen LogP contribution in [0.4, 0.5) is 0 Å². The van der Waals surface area contributed by atoms with Gasteiger partial charge in [-0.1, -0.05) is 74.5 Å². The zero-order valence-corrected chi connectivity index (χ0v) is 18.5. The maximum absolute atomic E-state index is 13.3. The summed E-state index contributed by atoms with van der Waals surface area (Å²) in [5.41, 5.74) is 1.11. The van der Waals surface area contributed by atoms with Crippen molar-refractivity contribution in [1.82, 2.24) is 5.32 Å². The minimum absolute atomic E-state index is 0.0412. The smallest absolute Gasteiger partial charge is 0.224 e. The van der Waals surface area contributed by atoms with Gasteiger partial charge in [0.25, 0.3) is 0 Å². The van der Waals surface area contributed by atoms with Crippen LogP contribution < -0.4 is 5.32 Å². The van der Waals surface area contributed by atoms with Crippen LogP contribution >= 0.6 is 0 Å². The van der Waals surface area contributed by atoms with Gasteiger partial charge in [-0.05, 0) is 30.9 Å². The van der Waals surface area contributed by atoms with Crippen LogP contribution in [-0.4, -0.2) is 35.7 Å². The molecule has 1 aliphatic rings. The highest BCUT2D eigenvalue weighted by Crippen LogP contribution is 2.29. The lowest BCUT2D eigenvalue weighted by molar-refractivity contribution is -0.134. The topological polar surface area (TPSA) is 75.8 Å². The lowest BCUT2D eigenvalue weighted by Crippen LogP contribution is -2.49. The van der Waals surface area contributed by atoms with E-state index in [0.29, 0.717) is 19.4 Å². The average Bonchev–Trinajstić information content (AvgIpc) is 3.52. The van der Waals surface area contributed by atoms with Gasteiger partial charge in [-0.3, -0.25) is 14.4 Å². The molecule has 0 aromatic heterocycles. The molecule has 0 saturated carbocycles. The molecule has 164 valence electrons. The minimum Gasteiger partial charge on any atom is -0.361 e. The highest BCUT2D eigenvalue weighted by atomic mass is 16.6. The summed E-state index contributed by atoms with van der Waals surface area (Å²) in [5, 5.41) is 2.96. The molecule has 3 rings (SSSR count). The molecule has 0 spiro atoms. The molecule has 0 bridgehead atoms. The summed E-state index contributed by atoms with van der Waals surface area (Å²) >= 11 is 0. The Labute approximate surface area is 184 Å². The average molecular weight is 422 g/mol. The molecule has 2 aromatic carbocycles. The number of epoxide rings is 1. The van der Waals surface area contributed by atoms with E-state index in [-0.39, 0.29) is 29.8 Å². The molecule has 3 atom stereocenters. The van der Waals surface area contributed by atoms with Crippen LogP contribution in [0.1, 0.15) is 38.3 Å². The van der Waals surface area contributed by atoms with Gasteiger partial charge in [0, 0.05) is 18.3 Å². The maximum Gasteiger partial charge on any atom is 0.224 e. The number of carbonyl (C=O) groups excluding carboxylic acids is 3. The molecule has 31 heavy (non-hydrogen) atoms. The molecule has 1 amide bonds. The van der Waals surface area contributed by atoms with Gasteiger partial charge in [0.2, 0.25) is 5.91 Å². The molecule has 5 nitrogen and oxygen atoms in total. The van der Waals surface area contributed by atoms with E-state index >= 15 is 0 Å². The number of hydrogen-bond donors (Lipinski definition) is 1. The van der Waals surface area contributed by atoms with Crippen LogP contribution in [-0.2, 0) is 32.0 Å². The van der Waals surface area contributed by atoms with E-state index in [9.17, 15) is 14.4 Å². The minimum atomic E-state index is -0.838. The lowest BCUT2D eigenvalue weighted by Gasteiger charge is -2.24. The molecule has 5 heteroatoms. The first-order valence-corrected chi connectivity index (χ1v) is 10.9. The first kappa shape index (κ1) is 22.9. The van der Waals surface area contributed by atoms with Crippen LogP contribution in [0.2, 0.25) is 0 Å². The predicted molar refractivity (Wildman–Crippen MR) is 120 cm³/mol. The van der Waals surface area contributed by atoms with Crippen molar-refractivity contribution in [1.29, 1.82) is 0 Å². The maximum atomic E-state index is 13.3. The third-order valence-electron chi connectivity index (χ3n) is 5.80. The van der Waals surface area contributed by atoms with Crippen LogP contribution in [0.5, 0.6) is 0 Å². The normalized spacial score (nSPS) is 19.5. The third kappa shape index (κ3) is 6.34. The third-order valence-corrected chi connectivity index (χ3v) is 5.80. The van der Waals surface area contributed by atoms with Crippen molar-refractivity contribution in [2.24, 2.45) is 11.8 Å². The van der Waals surface area contributed by atoms with Gasteiger partial charge in [0.1, 0.15) is 11.4 Å². The monoisotopic (exact) mass is 421 g/mol. The van der Waals surface area contributed by atoms with Crippen molar-refractivity contribution >= 4 is 17.5 Å². The molecule has 1 aliphatic heterocycles. The first-order valence-electron chi connectivity index (χ1n) is 10.9. The Kier molecular flexibility index (Phi) is 7.39. The molecule has 1 heterocycles. The number of ether oxygens (including phenoxy) is 1. The van der Waals surface area contributed by atoms with E-state index in [1.165, 1.54) is 0 Å². The second-order valence-corrected chi connectivity index (χ2v) is 8.85. The summed E-state index contributed by atoms with van der Waals surface area (Å²) in [5.74, 6) is -1.03. The molecule has 0 aliphatic carbocycles. The summed E-state index contributed by atoms with van der Waals surface area (Å²) in [6.07, 6.45) is 0.990. The van der Waals surface area contributed by atoms with Crippen molar-refractivity contribution in [2.75, 3.05) is 6.61 Å². The standard InChI is InChI=1S/C26H31NO4/c1-18(2)23(28)16-21(14-19-10-6-4-7-11-19)25(30)27-22(24(29)26(3)17-31-26)15-20-12-8-5-9-13-20/h4-13,18,21-22H,14-17H2,1-3H3,(H,27,30)/t21?,22-,26+/m0/s1. The molecule has 1 saturated heterocycles. The number of benzene rings is 2. The number of amides is 1. The van der Waals surface area contributed by atoms with Gasteiger partial charge < -0.3 is 10.1 Å². The molecule has 1 fully saturated rings. The number of carbonyl (C=O) groups is 3. The van der Waals surface area contributed by atoms with Crippen LogP contribution in [0.15, 0.2) is 60.7 Å². The first-order chi connectivity index (χ1) is 14.8. The van der Waals surface area contributed by atoms with Crippen molar-refractivity contribution < 1.29 is 19.1 Å². The molecule has 0 radical (unpaired) electrons. The largest absolute Gasteiger partial charge is 0.361 e. The molecule has 2 aromatic rings. The fourth-order valence-electron chi connectivity index (χ4n) is 3.60. The van der Waals surface area contributed by atoms with Crippen molar-refractivity contribution in [3.63, 3.8) is 0 Å². The van der Waals surface area contributed by atoms with Gasteiger partial charge in [-0.2, -0.15) is 0 Å². The summed E-state index contributed by atoms with van der Waals surface area (Å²) in [7, 11) is 0. The van der Waals surface area contributed by atoms with E-state index in [2.05, 4.69) is 5.32 Å². The summed E-state index contributed by atoms with van der Waals surface area (Å²) in [6, 6.07) is 18.6. The van der Waals surface area contributed by atoms with Crippen LogP contribution in [0.25, 0.3) is 0 Å². The van der Waals surface area contributed by atoms with Crippen LogP contribution in [0, 0.1) is 11.8 Å². The second kappa shape index (κ2) is 10.0. The quantitative estimate of drug-likeness (QED) is 0.563. The lowest BCUT2D eigenvalue weighted by atomic mass is 9.89. The predicted octanol–water partition coefficient (Wildman–Crippen LogP) is 3.55. The zero-order chi connectivity index (χ0) is 22.4. The fourth-order valence-corrected chi connectivity index (χ4v) is 3.60. The Bertz CT molecular complexity index is 904. The zero-order valence-electron chi connectivity index (χ0n) is 18.5. The Morgan fingerprint density at radius 1 is 0.935 bits per heavy atom. The Balaban J connectivity index is 1.79. The SMILES string of the molecule is CC(C)C(=O)CC(Cc1ccccc1)C(=O)N[C@@H](Cc1ccccc1)C(=O)[C@@]1(C)CO1. The Hall–Kier alpha value is -2.79. The van der Waals surface area contributed by atoms with E-state index in [4.69, 9.17) is 4.74 Å². The van der Waals surface area contributed by atoms with Gasteiger partial charge in [-0.25, -0.2) is 0 Å². The Morgan fingerprint density at radius 2 is 1.45 bits per heavy atom. The summed E-state index contributed by atoms with van der Waals surface area (Å²) in [6.45, 7) is 5.80. The van der Waals surface area contributed by atoms with E-state index in [1.54, 1.807) is 6.92 Å². The fraction of sp³-hybridized carbons (Fsp3) is 0.423. The van der Waals surface area contributed by atoms with Gasteiger partial charge >= 0.3 is 0 Å². The molecular formula is C26H31NO4. The number of ketones is 2. The molecular weight excluding hydrogens is 390 g/mol. The number of rotatable bonds is 11. The van der Waals surface area contributed by atoms with E-state index in [0.717, 1.165) is 11.1 Å². The number of nitrogens with one attached hydrogen (secondary N) is 1. The number of Topliss-reactive ketones (excluding diaryl/α,β-unsaturated/α-hetero) is 2. The van der Waals surface area contributed by atoms with E-state index in [1.807, 2.05) is 74.5 Å². The highest BCUT2D eigenvalue weighted by Gasteiger charge is 2.50. The Morgan fingerprint density at radius 3 is 1.94 bits per heavy atom. The van der Waals surface area contributed by atoms with Crippen LogP contribution in [0.3, 0.4) is 0 Å². The van der Waals surface area contributed by atoms with Gasteiger partial charge in [-0.15, -0.1) is 0 Å². The van der Waals surface area contributed by atoms with Gasteiger partial charge in [0.15, 0.2) is 5.78 Å². The van der Waals surface area contributed by atoms with Crippen molar-refractivity contribution in [3.8, 4) is 0 Å². The van der Waals surface area contributed by atoms with Crippen molar-refractivity contribution in [2.45, 2.75) is 51.7 Å². The number of hydrogen-bond acceptors (Lipinski definition) is 4. The van der Waals surface area contributed by atoms with E-state index < -0.39 is 17.6 Å². The molecule has 1 N–H and O–H groups in total. The van der Waals surface area contributed by atoms with Gasteiger partial charge in [0.05, 0.1) is 12.6 Å². The summed E-state index contributed by atoms with van der Waals surface area (Å²) in [4.78, 5) is 38.8. The molecule has 1 unspecified atom stereocenters. The summed E-state index contributed by atoms with van der Waals surface area (Å²) < 4.78 is 5.36. The second-order valence-electron chi connectivity index (χ2n) is 8.85. The van der Waals surface area contributed by atoms with Crippen molar-refractivity contribution in [3.05, 3.63) is 71.8 Å². The highest BCUT2D eigenvalue weighted by molar-refractivity contribution is 5.97.